The molecule has 1 aromatic carbocycles. The summed E-state index contributed by atoms with van der Waals surface area (Å²) in [6, 6.07) is 6.47. The summed E-state index contributed by atoms with van der Waals surface area (Å²) < 4.78 is 13.0. The Labute approximate surface area is 162 Å². The third-order valence-electron chi connectivity index (χ3n) is 4.68. The molecule has 4 rings (SSSR count). The molecule has 0 unspecified atom stereocenters. The molecule has 0 saturated carbocycles. The van der Waals surface area contributed by atoms with Gasteiger partial charge in [-0.05, 0) is 43.7 Å². The van der Waals surface area contributed by atoms with Crippen LogP contribution in [0.3, 0.4) is 0 Å². The highest BCUT2D eigenvalue weighted by Gasteiger charge is 2.33. The number of aromatic nitrogens is 1. The van der Waals surface area contributed by atoms with Gasteiger partial charge in [0.05, 0.1) is 6.04 Å². The Morgan fingerprint density at radius 1 is 1.28 bits per heavy atom. The van der Waals surface area contributed by atoms with Gasteiger partial charge in [0.15, 0.2) is 0 Å². The maximum Gasteiger partial charge on any atom is 0.212 e. The molecule has 2 fully saturated rings. The minimum Gasteiger partial charge on any atom is -0.305 e. The van der Waals surface area contributed by atoms with Gasteiger partial charge in [0.2, 0.25) is 5.78 Å². The summed E-state index contributed by atoms with van der Waals surface area (Å²) >= 11 is 1.52. The van der Waals surface area contributed by atoms with E-state index in [2.05, 4.69) is 15.2 Å². The summed E-state index contributed by atoms with van der Waals surface area (Å²) in [6.45, 7) is 3.11. The molecule has 2 saturated heterocycles. The molecule has 0 amide bonds. The van der Waals surface area contributed by atoms with E-state index in [0.717, 1.165) is 24.6 Å². The van der Waals surface area contributed by atoms with Gasteiger partial charge in [0, 0.05) is 30.1 Å². The molecule has 4 nitrogen and oxygen atoms in total. The molecule has 0 aliphatic carbocycles. The molecular formula is C17H20Cl2FN3OS. The molecule has 0 radical (unpaired) electrons. The van der Waals surface area contributed by atoms with Crippen molar-refractivity contribution in [2.24, 2.45) is 0 Å². The predicted molar refractivity (Wildman–Crippen MR) is 102 cm³/mol. The number of hydrogen-bond acceptors (Lipinski definition) is 5. The first-order valence-corrected chi connectivity index (χ1v) is 8.82. The van der Waals surface area contributed by atoms with E-state index in [1.54, 1.807) is 5.38 Å². The normalized spacial score (nSPS) is 22.6. The SMILES string of the molecule is Cl.Cl.O=C(c1ccc(F)cc1)c1csc([C@@H]2CN3CCC[C@@H]3CN2)n1. The lowest BCUT2D eigenvalue weighted by molar-refractivity contribution is 0.103. The summed E-state index contributed by atoms with van der Waals surface area (Å²) in [4.78, 5) is 19.5. The molecule has 1 aromatic heterocycles. The number of hydrogen-bond donors (Lipinski definition) is 1. The van der Waals surface area contributed by atoms with E-state index in [4.69, 9.17) is 0 Å². The Morgan fingerprint density at radius 2 is 2.04 bits per heavy atom. The largest absolute Gasteiger partial charge is 0.305 e. The highest BCUT2D eigenvalue weighted by Crippen LogP contribution is 2.28. The van der Waals surface area contributed by atoms with Gasteiger partial charge in [0.1, 0.15) is 16.5 Å². The fourth-order valence-electron chi connectivity index (χ4n) is 3.41. The monoisotopic (exact) mass is 403 g/mol. The van der Waals surface area contributed by atoms with Crippen LogP contribution in [0.15, 0.2) is 29.6 Å². The van der Waals surface area contributed by atoms with Crippen molar-refractivity contribution < 1.29 is 9.18 Å². The van der Waals surface area contributed by atoms with Gasteiger partial charge in [0.25, 0.3) is 0 Å². The third-order valence-corrected chi connectivity index (χ3v) is 5.63. The highest BCUT2D eigenvalue weighted by atomic mass is 35.5. The minimum absolute atomic E-state index is 0. The second-order valence-electron chi connectivity index (χ2n) is 6.16. The Morgan fingerprint density at radius 3 is 2.80 bits per heavy atom. The average Bonchev–Trinajstić information content (AvgIpc) is 3.23. The maximum atomic E-state index is 13.0. The second kappa shape index (κ2) is 8.56. The zero-order valence-corrected chi connectivity index (χ0v) is 15.9. The molecule has 8 heteroatoms. The van der Waals surface area contributed by atoms with Crippen LogP contribution in [0.2, 0.25) is 0 Å². The number of ketones is 1. The van der Waals surface area contributed by atoms with Crippen LogP contribution in [-0.4, -0.2) is 41.3 Å². The summed E-state index contributed by atoms with van der Waals surface area (Å²) in [7, 11) is 0. The number of thiazole rings is 1. The predicted octanol–water partition coefficient (Wildman–Crippen LogP) is 3.47. The molecule has 2 aliphatic rings. The van der Waals surface area contributed by atoms with Gasteiger partial charge in [-0.2, -0.15) is 0 Å². The van der Waals surface area contributed by atoms with Gasteiger partial charge >= 0.3 is 0 Å². The molecular weight excluding hydrogens is 384 g/mol. The van der Waals surface area contributed by atoms with Gasteiger partial charge in [-0.25, -0.2) is 9.37 Å². The van der Waals surface area contributed by atoms with Crippen LogP contribution in [0.4, 0.5) is 4.39 Å². The van der Waals surface area contributed by atoms with Crippen molar-refractivity contribution in [2.45, 2.75) is 24.9 Å². The zero-order valence-electron chi connectivity index (χ0n) is 13.5. The number of fused-ring (bicyclic) bond motifs is 1. The van der Waals surface area contributed by atoms with Crippen LogP contribution in [0.25, 0.3) is 0 Å². The number of rotatable bonds is 3. The van der Waals surface area contributed by atoms with Crippen molar-refractivity contribution in [2.75, 3.05) is 19.6 Å². The summed E-state index contributed by atoms with van der Waals surface area (Å²) in [6.07, 6.45) is 2.54. The minimum atomic E-state index is -0.341. The highest BCUT2D eigenvalue weighted by molar-refractivity contribution is 7.10. The first kappa shape index (κ1) is 20.3. The van der Waals surface area contributed by atoms with Gasteiger partial charge < -0.3 is 5.32 Å². The van der Waals surface area contributed by atoms with Crippen molar-refractivity contribution >= 4 is 41.9 Å². The van der Waals surface area contributed by atoms with E-state index >= 15 is 0 Å². The van der Waals surface area contributed by atoms with Crippen molar-refractivity contribution in [3.8, 4) is 0 Å². The Balaban J connectivity index is 0.00000113. The smallest absolute Gasteiger partial charge is 0.212 e. The Bertz CT molecular complexity index is 725. The summed E-state index contributed by atoms with van der Waals surface area (Å²) in [5.41, 5.74) is 0.918. The average molecular weight is 404 g/mol. The first-order valence-electron chi connectivity index (χ1n) is 7.94. The van der Waals surface area contributed by atoms with Crippen LogP contribution in [0.1, 0.15) is 39.9 Å². The number of carbonyl (C=O) groups excluding carboxylic acids is 1. The summed E-state index contributed by atoms with van der Waals surface area (Å²) in [5.74, 6) is -0.491. The fraction of sp³-hybridized carbons (Fsp3) is 0.412. The van der Waals surface area contributed by atoms with Gasteiger partial charge in [-0.3, -0.25) is 9.69 Å². The fourth-order valence-corrected chi connectivity index (χ4v) is 4.28. The van der Waals surface area contributed by atoms with Crippen molar-refractivity contribution in [1.82, 2.24) is 15.2 Å². The molecule has 1 N–H and O–H groups in total. The molecule has 3 heterocycles. The van der Waals surface area contributed by atoms with E-state index in [0.29, 0.717) is 17.3 Å². The topological polar surface area (TPSA) is 45.2 Å². The summed E-state index contributed by atoms with van der Waals surface area (Å²) in [5, 5.41) is 6.32. The van der Waals surface area contributed by atoms with E-state index in [9.17, 15) is 9.18 Å². The van der Waals surface area contributed by atoms with Crippen molar-refractivity contribution in [3.63, 3.8) is 0 Å². The van der Waals surface area contributed by atoms with E-state index in [1.807, 2.05) is 0 Å². The van der Waals surface area contributed by atoms with Crippen molar-refractivity contribution in [3.05, 3.63) is 51.7 Å². The van der Waals surface area contributed by atoms with E-state index in [1.165, 1.54) is 48.4 Å². The third kappa shape index (κ3) is 4.20. The second-order valence-corrected chi connectivity index (χ2v) is 7.05. The van der Waals surface area contributed by atoms with Crippen LogP contribution in [0, 0.1) is 5.82 Å². The molecule has 2 atom stereocenters. The lowest BCUT2D eigenvalue weighted by Gasteiger charge is -2.35. The standard InChI is InChI=1S/C17H18FN3OS.2ClH/c18-12-5-3-11(4-6-12)16(22)15-10-23-17(20-15)14-9-21-7-1-2-13(21)8-19-14;;/h3-6,10,13-14,19H,1-2,7-9H2;2*1H/t13-,14+;;/m1../s1. The quantitative estimate of drug-likeness (QED) is 0.796. The number of nitrogens with one attached hydrogen (secondary N) is 1. The zero-order chi connectivity index (χ0) is 15.8. The van der Waals surface area contributed by atoms with Gasteiger partial charge in [-0.15, -0.1) is 36.2 Å². The van der Waals surface area contributed by atoms with Crippen LogP contribution < -0.4 is 5.32 Å². The molecule has 25 heavy (non-hydrogen) atoms. The van der Waals surface area contributed by atoms with E-state index in [-0.39, 0.29) is 42.5 Å². The number of halogens is 3. The Kier molecular flexibility index (Phi) is 6.93. The Hall–Kier alpha value is -1.05. The van der Waals surface area contributed by atoms with E-state index < -0.39 is 0 Å². The lowest BCUT2D eigenvalue weighted by atomic mass is 10.1. The van der Waals surface area contributed by atoms with Gasteiger partial charge in [-0.1, -0.05) is 0 Å². The maximum absolute atomic E-state index is 13.0. The molecule has 2 aliphatic heterocycles. The molecule has 136 valence electrons. The number of nitrogens with zero attached hydrogens (tertiary/aromatic N) is 2. The lowest BCUT2D eigenvalue weighted by Crippen LogP contribution is -2.49. The first-order chi connectivity index (χ1) is 11.2. The molecule has 2 aromatic rings. The number of carbonyl (C=O) groups is 1. The van der Waals surface area contributed by atoms with Crippen LogP contribution in [-0.2, 0) is 0 Å². The number of benzene rings is 1. The van der Waals surface area contributed by atoms with Crippen LogP contribution >= 0.6 is 36.2 Å². The number of piperazine rings is 1. The molecule has 0 bridgehead atoms. The van der Waals surface area contributed by atoms with Crippen molar-refractivity contribution in [1.29, 1.82) is 0 Å². The molecule has 0 spiro atoms. The van der Waals surface area contributed by atoms with Crippen LogP contribution in [0.5, 0.6) is 0 Å².